The molecule has 0 bridgehead atoms. The van der Waals surface area contributed by atoms with Crippen LogP contribution in [0.3, 0.4) is 0 Å². The minimum atomic E-state index is -1.90. The number of rotatable bonds is 6. The van der Waals surface area contributed by atoms with Crippen molar-refractivity contribution < 1.29 is 19.1 Å². The number of carbonyl (C=O) groups excluding carboxylic acids is 2. The number of hydrogen-bond acceptors (Lipinski definition) is 5. The third-order valence-electron chi connectivity index (χ3n) is 3.59. The summed E-state index contributed by atoms with van der Waals surface area (Å²) in [5.74, 6) is -0.436. The third-order valence-corrected chi connectivity index (χ3v) is 4.24. The highest BCUT2D eigenvalue weighted by Gasteiger charge is 2.35. The largest absolute Gasteiger partial charge is 0.497 e. The van der Waals surface area contributed by atoms with Crippen molar-refractivity contribution in [2.45, 2.75) is 9.96 Å². The van der Waals surface area contributed by atoms with Gasteiger partial charge in [0, 0.05) is 5.56 Å². The van der Waals surface area contributed by atoms with Crippen LogP contribution < -0.4 is 15.4 Å². The van der Waals surface area contributed by atoms with Crippen molar-refractivity contribution >= 4 is 52.4 Å². The Kier molecular flexibility index (Phi) is 7.18. The number of halogens is 3. The number of benzene rings is 2. The SMILES string of the molecule is COC(=O)c1ccccc1N[C@H](NC(=O)c1ccc(OC)cc1)C(Cl)(Cl)Cl. The highest BCUT2D eigenvalue weighted by Crippen LogP contribution is 2.32. The molecule has 0 aliphatic carbocycles. The van der Waals surface area contributed by atoms with Crippen LogP contribution in [0.25, 0.3) is 0 Å². The van der Waals surface area contributed by atoms with Crippen molar-refractivity contribution in [3.05, 3.63) is 59.7 Å². The number of amides is 1. The molecule has 1 amide bonds. The molecule has 0 saturated heterocycles. The van der Waals surface area contributed by atoms with Crippen molar-refractivity contribution in [3.8, 4) is 5.75 Å². The molecule has 0 heterocycles. The van der Waals surface area contributed by atoms with Crippen LogP contribution in [0.5, 0.6) is 5.75 Å². The Labute approximate surface area is 171 Å². The Morgan fingerprint density at radius 1 is 1.00 bits per heavy atom. The van der Waals surface area contributed by atoms with Crippen molar-refractivity contribution in [3.63, 3.8) is 0 Å². The molecule has 144 valence electrons. The fourth-order valence-corrected chi connectivity index (χ4v) is 2.54. The van der Waals surface area contributed by atoms with Crippen LogP contribution in [0.2, 0.25) is 0 Å². The van der Waals surface area contributed by atoms with Gasteiger partial charge in [-0.05, 0) is 36.4 Å². The van der Waals surface area contributed by atoms with Crippen LogP contribution in [-0.4, -0.2) is 36.1 Å². The van der Waals surface area contributed by atoms with E-state index in [2.05, 4.69) is 10.6 Å². The molecular weight excluding hydrogens is 415 g/mol. The lowest BCUT2D eigenvalue weighted by atomic mass is 10.1. The topological polar surface area (TPSA) is 76.7 Å². The molecule has 0 saturated carbocycles. The van der Waals surface area contributed by atoms with Gasteiger partial charge in [0.25, 0.3) is 5.91 Å². The number of para-hydroxylation sites is 1. The summed E-state index contributed by atoms with van der Waals surface area (Å²) in [6, 6.07) is 12.9. The summed E-state index contributed by atoms with van der Waals surface area (Å²) in [6.45, 7) is 0. The number of methoxy groups -OCH3 is 2. The number of carbonyl (C=O) groups is 2. The predicted octanol–water partition coefficient (Wildman–Crippen LogP) is 4.02. The van der Waals surface area contributed by atoms with Crippen LogP contribution >= 0.6 is 34.8 Å². The minimum Gasteiger partial charge on any atom is -0.497 e. The van der Waals surface area contributed by atoms with Gasteiger partial charge in [0.2, 0.25) is 3.79 Å². The van der Waals surface area contributed by atoms with Gasteiger partial charge >= 0.3 is 5.97 Å². The Hall–Kier alpha value is -2.15. The number of nitrogens with one attached hydrogen (secondary N) is 2. The van der Waals surface area contributed by atoms with Crippen LogP contribution in [0.15, 0.2) is 48.5 Å². The summed E-state index contributed by atoms with van der Waals surface area (Å²) >= 11 is 18.0. The second-order valence-corrected chi connectivity index (χ2v) is 7.73. The van der Waals surface area contributed by atoms with Crippen LogP contribution in [0, 0.1) is 0 Å². The van der Waals surface area contributed by atoms with E-state index in [0.29, 0.717) is 17.0 Å². The van der Waals surface area contributed by atoms with Gasteiger partial charge in [-0.25, -0.2) is 4.79 Å². The van der Waals surface area contributed by atoms with Crippen LogP contribution in [0.4, 0.5) is 5.69 Å². The molecule has 0 spiro atoms. The fraction of sp³-hybridized carbons (Fsp3) is 0.222. The molecule has 9 heteroatoms. The second kappa shape index (κ2) is 9.17. The van der Waals surface area contributed by atoms with E-state index >= 15 is 0 Å². The molecule has 0 aliphatic heterocycles. The van der Waals surface area contributed by atoms with Gasteiger partial charge in [-0.15, -0.1) is 0 Å². The lowest BCUT2D eigenvalue weighted by molar-refractivity contribution is 0.0601. The average Bonchev–Trinajstić information content (AvgIpc) is 2.66. The second-order valence-electron chi connectivity index (χ2n) is 5.36. The highest BCUT2D eigenvalue weighted by atomic mass is 35.6. The van der Waals surface area contributed by atoms with E-state index in [1.54, 1.807) is 48.5 Å². The molecule has 1 atom stereocenters. The van der Waals surface area contributed by atoms with E-state index in [1.165, 1.54) is 14.2 Å². The van der Waals surface area contributed by atoms with Gasteiger partial charge in [-0.1, -0.05) is 46.9 Å². The first-order valence-corrected chi connectivity index (χ1v) is 8.85. The Morgan fingerprint density at radius 3 is 2.19 bits per heavy atom. The summed E-state index contributed by atoms with van der Waals surface area (Å²) in [5, 5.41) is 5.48. The summed E-state index contributed by atoms with van der Waals surface area (Å²) in [7, 11) is 2.79. The van der Waals surface area contributed by atoms with E-state index in [-0.39, 0.29) is 5.56 Å². The zero-order valence-corrected chi connectivity index (χ0v) is 16.7. The average molecular weight is 432 g/mol. The third kappa shape index (κ3) is 5.66. The first-order valence-electron chi connectivity index (χ1n) is 7.71. The Balaban J connectivity index is 2.24. The minimum absolute atomic E-state index is 0.234. The molecule has 6 nitrogen and oxygen atoms in total. The molecule has 0 aromatic heterocycles. The van der Waals surface area contributed by atoms with Crippen LogP contribution in [-0.2, 0) is 4.74 Å². The molecular formula is C18H17Cl3N2O4. The maximum absolute atomic E-state index is 12.5. The summed E-state index contributed by atoms with van der Waals surface area (Å²) in [4.78, 5) is 24.4. The number of ether oxygens (including phenoxy) is 2. The van der Waals surface area contributed by atoms with E-state index < -0.39 is 21.8 Å². The maximum Gasteiger partial charge on any atom is 0.339 e. The number of alkyl halides is 3. The highest BCUT2D eigenvalue weighted by molar-refractivity contribution is 6.68. The maximum atomic E-state index is 12.5. The lowest BCUT2D eigenvalue weighted by Crippen LogP contribution is -2.49. The Morgan fingerprint density at radius 2 is 1.63 bits per heavy atom. The molecule has 2 aromatic carbocycles. The molecule has 0 unspecified atom stereocenters. The fourth-order valence-electron chi connectivity index (χ4n) is 2.21. The normalized spacial score (nSPS) is 12.0. The monoisotopic (exact) mass is 430 g/mol. The molecule has 0 fully saturated rings. The van der Waals surface area contributed by atoms with Crippen molar-refractivity contribution in [1.82, 2.24) is 5.32 Å². The summed E-state index contributed by atoms with van der Waals surface area (Å²) < 4.78 is 7.90. The Bertz CT molecular complexity index is 807. The van der Waals surface area contributed by atoms with Gasteiger partial charge < -0.3 is 20.1 Å². The van der Waals surface area contributed by atoms with E-state index in [0.717, 1.165) is 0 Å². The van der Waals surface area contributed by atoms with Crippen molar-refractivity contribution in [2.24, 2.45) is 0 Å². The van der Waals surface area contributed by atoms with Gasteiger partial charge in [0.05, 0.1) is 25.5 Å². The van der Waals surface area contributed by atoms with Crippen molar-refractivity contribution in [2.75, 3.05) is 19.5 Å². The zero-order chi connectivity index (χ0) is 20.0. The van der Waals surface area contributed by atoms with Gasteiger partial charge in [-0.2, -0.15) is 0 Å². The summed E-state index contributed by atoms with van der Waals surface area (Å²) in [5.41, 5.74) is 0.923. The van der Waals surface area contributed by atoms with E-state index in [4.69, 9.17) is 44.3 Å². The molecule has 2 rings (SSSR count). The van der Waals surface area contributed by atoms with Gasteiger partial charge in [0.15, 0.2) is 0 Å². The molecule has 27 heavy (non-hydrogen) atoms. The van der Waals surface area contributed by atoms with Crippen molar-refractivity contribution in [1.29, 1.82) is 0 Å². The lowest BCUT2D eigenvalue weighted by Gasteiger charge is -2.28. The number of esters is 1. The zero-order valence-electron chi connectivity index (χ0n) is 14.5. The van der Waals surface area contributed by atoms with E-state index in [1.807, 2.05) is 0 Å². The summed E-state index contributed by atoms with van der Waals surface area (Å²) in [6.07, 6.45) is -1.12. The first-order chi connectivity index (χ1) is 12.8. The van der Waals surface area contributed by atoms with Gasteiger partial charge in [0.1, 0.15) is 11.9 Å². The number of anilines is 1. The first kappa shape index (κ1) is 21.2. The molecule has 2 aromatic rings. The smallest absolute Gasteiger partial charge is 0.339 e. The quantitative estimate of drug-likeness (QED) is 0.410. The molecule has 0 aliphatic rings. The number of hydrogen-bond donors (Lipinski definition) is 2. The van der Waals surface area contributed by atoms with E-state index in [9.17, 15) is 9.59 Å². The van der Waals surface area contributed by atoms with Crippen LogP contribution in [0.1, 0.15) is 20.7 Å². The van der Waals surface area contributed by atoms with Gasteiger partial charge in [-0.3, -0.25) is 4.79 Å². The standard InChI is InChI=1S/C18H17Cl3N2O4/c1-26-12-9-7-11(8-10-12)15(24)23-17(18(19,20)21)22-14-6-4-3-5-13(14)16(25)27-2/h3-10,17,22H,1-2H3,(H,23,24)/t17-/m1/s1. The molecule has 2 N–H and O–H groups in total. The molecule has 0 radical (unpaired) electrons. The predicted molar refractivity (Wildman–Crippen MR) is 106 cm³/mol.